The molecule has 0 aliphatic carbocycles. The highest BCUT2D eigenvalue weighted by Gasteiger charge is 2.20. The lowest BCUT2D eigenvalue weighted by molar-refractivity contribution is -0.111. The lowest BCUT2D eigenvalue weighted by atomic mass is 9.95. The van der Waals surface area contributed by atoms with Crippen LogP contribution in [0.15, 0.2) is 61.1 Å². The molecule has 3 N–H and O–H groups in total. The summed E-state index contributed by atoms with van der Waals surface area (Å²) < 4.78 is 0. The van der Waals surface area contributed by atoms with Crippen LogP contribution in [-0.4, -0.2) is 53.4 Å². The SMILES string of the molecule is CCC(CC)NC(=O)c1ccc(NC(=O)C2=CCNc3ccc(-c4cncc(CN(C)C)c4)cc32)cn1. The van der Waals surface area contributed by atoms with Crippen molar-refractivity contribution >= 4 is 28.8 Å². The first kappa shape index (κ1) is 26.0. The lowest BCUT2D eigenvalue weighted by Crippen LogP contribution is -2.34. The summed E-state index contributed by atoms with van der Waals surface area (Å²) in [5, 5.41) is 9.24. The molecule has 2 aromatic heterocycles. The van der Waals surface area contributed by atoms with Crippen LogP contribution in [-0.2, 0) is 11.3 Å². The molecule has 0 spiro atoms. The van der Waals surface area contributed by atoms with Crippen molar-refractivity contribution in [1.82, 2.24) is 20.2 Å². The largest absolute Gasteiger partial charge is 0.381 e. The molecule has 3 heterocycles. The van der Waals surface area contributed by atoms with Gasteiger partial charge in [0, 0.05) is 53.9 Å². The molecule has 1 aromatic carbocycles. The second kappa shape index (κ2) is 11.8. The summed E-state index contributed by atoms with van der Waals surface area (Å²) in [6, 6.07) is 11.6. The number of nitrogens with one attached hydrogen (secondary N) is 3. The number of amides is 2. The van der Waals surface area contributed by atoms with Crippen molar-refractivity contribution in [1.29, 1.82) is 0 Å². The number of anilines is 2. The standard InChI is InChI=1S/C29H34N6O2/c1-5-22(6-2)33-29(37)27-10-8-23(17-32-27)34-28(36)24-11-12-31-26-9-7-20(14-25(24)26)21-13-19(15-30-16-21)18-35(3)4/h7-11,13-17,22,31H,5-6,12,18H2,1-4H3,(H,33,37)(H,34,36). The molecule has 1 aliphatic heterocycles. The minimum absolute atomic E-state index is 0.122. The van der Waals surface area contributed by atoms with E-state index in [4.69, 9.17) is 0 Å². The zero-order valence-corrected chi connectivity index (χ0v) is 21.8. The smallest absolute Gasteiger partial charge is 0.270 e. The molecule has 0 unspecified atom stereocenters. The number of aromatic nitrogens is 2. The molecule has 0 radical (unpaired) electrons. The molecule has 0 bridgehead atoms. The van der Waals surface area contributed by atoms with Crippen LogP contribution in [0.1, 0.15) is 48.3 Å². The number of hydrogen-bond donors (Lipinski definition) is 3. The highest BCUT2D eigenvalue weighted by Crippen LogP contribution is 2.33. The first-order valence-corrected chi connectivity index (χ1v) is 12.6. The zero-order chi connectivity index (χ0) is 26.4. The van der Waals surface area contributed by atoms with Crippen LogP contribution in [0.4, 0.5) is 11.4 Å². The Kier molecular flexibility index (Phi) is 8.30. The molecule has 4 rings (SSSR count). The zero-order valence-electron chi connectivity index (χ0n) is 21.8. The number of benzene rings is 1. The molecule has 8 nitrogen and oxygen atoms in total. The van der Waals surface area contributed by atoms with Crippen molar-refractivity contribution in [2.75, 3.05) is 31.3 Å². The number of hydrogen-bond acceptors (Lipinski definition) is 6. The van der Waals surface area contributed by atoms with E-state index in [2.05, 4.69) is 36.9 Å². The van der Waals surface area contributed by atoms with Gasteiger partial charge in [0.15, 0.2) is 0 Å². The Balaban J connectivity index is 1.51. The van der Waals surface area contributed by atoms with E-state index in [0.29, 0.717) is 23.5 Å². The van der Waals surface area contributed by atoms with E-state index in [0.717, 1.165) is 47.3 Å². The monoisotopic (exact) mass is 498 g/mol. The average Bonchev–Trinajstić information content (AvgIpc) is 2.91. The third-order valence-electron chi connectivity index (χ3n) is 6.35. The summed E-state index contributed by atoms with van der Waals surface area (Å²) in [7, 11) is 4.05. The van der Waals surface area contributed by atoms with Crippen LogP contribution in [0, 0.1) is 0 Å². The van der Waals surface area contributed by atoms with Crippen LogP contribution >= 0.6 is 0 Å². The normalized spacial score (nSPS) is 12.5. The van der Waals surface area contributed by atoms with Crippen molar-refractivity contribution in [3.8, 4) is 11.1 Å². The van der Waals surface area contributed by atoms with Gasteiger partial charge < -0.3 is 20.9 Å². The third kappa shape index (κ3) is 6.40. The van der Waals surface area contributed by atoms with Crippen molar-refractivity contribution in [3.05, 3.63) is 77.9 Å². The van der Waals surface area contributed by atoms with E-state index < -0.39 is 0 Å². The van der Waals surface area contributed by atoms with Gasteiger partial charge in [-0.1, -0.05) is 26.0 Å². The fourth-order valence-electron chi connectivity index (χ4n) is 4.34. The maximum atomic E-state index is 13.3. The summed E-state index contributed by atoms with van der Waals surface area (Å²) in [4.78, 5) is 36.5. The van der Waals surface area contributed by atoms with Gasteiger partial charge in [0.25, 0.3) is 11.8 Å². The highest BCUT2D eigenvalue weighted by atomic mass is 16.2. The molecule has 0 atom stereocenters. The summed E-state index contributed by atoms with van der Waals surface area (Å²) in [5.41, 5.74) is 6.28. The molecule has 1 aliphatic rings. The molecular formula is C29H34N6O2. The van der Waals surface area contributed by atoms with Crippen molar-refractivity contribution in [3.63, 3.8) is 0 Å². The van der Waals surface area contributed by atoms with Gasteiger partial charge in [-0.3, -0.25) is 14.6 Å². The average molecular weight is 499 g/mol. The van der Waals surface area contributed by atoms with E-state index in [-0.39, 0.29) is 17.9 Å². The Morgan fingerprint density at radius 3 is 2.51 bits per heavy atom. The van der Waals surface area contributed by atoms with E-state index >= 15 is 0 Å². The molecular weight excluding hydrogens is 464 g/mol. The van der Waals surface area contributed by atoms with Crippen molar-refractivity contribution < 1.29 is 9.59 Å². The minimum Gasteiger partial charge on any atom is -0.381 e. The summed E-state index contributed by atoms with van der Waals surface area (Å²) >= 11 is 0. The Bertz CT molecular complexity index is 1300. The van der Waals surface area contributed by atoms with Gasteiger partial charge in [-0.25, -0.2) is 4.98 Å². The lowest BCUT2D eigenvalue weighted by Gasteiger charge is -2.20. The molecule has 2 amide bonds. The maximum Gasteiger partial charge on any atom is 0.270 e. The van der Waals surface area contributed by atoms with Gasteiger partial charge >= 0.3 is 0 Å². The third-order valence-corrected chi connectivity index (χ3v) is 6.35. The highest BCUT2D eigenvalue weighted by molar-refractivity contribution is 6.27. The fraction of sp³-hybridized carbons (Fsp3) is 0.310. The van der Waals surface area contributed by atoms with Crippen LogP contribution in [0.25, 0.3) is 16.7 Å². The number of fused-ring (bicyclic) bond motifs is 1. The molecule has 37 heavy (non-hydrogen) atoms. The second-order valence-electron chi connectivity index (χ2n) is 9.45. The van der Waals surface area contributed by atoms with E-state index in [1.165, 1.54) is 6.20 Å². The molecule has 0 fully saturated rings. The van der Waals surface area contributed by atoms with E-state index in [1.807, 2.05) is 64.6 Å². The van der Waals surface area contributed by atoms with E-state index in [1.54, 1.807) is 12.1 Å². The summed E-state index contributed by atoms with van der Waals surface area (Å²) in [5.74, 6) is -0.436. The predicted molar refractivity (Wildman–Crippen MR) is 148 cm³/mol. The van der Waals surface area contributed by atoms with Crippen LogP contribution in [0.3, 0.4) is 0 Å². The van der Waals surface area contributed by atoms with Gasteiger partial charge in [0.1, 0.15) is 5.69 Å². The number of carbonyl (C=O) groups excluding carboxylic acids is 2. The number of rotatable bonds is 9. The molecule has 0 saturated carbocycles. The molecule has 0 saturated heterocycles. The topological polar surface area (TPSA) is 99.2 Å². The van der Waals surface area contributed by atoms with Gasteiger partial charge in [-0.15, -0.1) is 0 Å². The Morgan fingerprint density at radius 2 is 1.81 bits per heavy atom. The summed E-state index contributed by atoms with van der Waals surface area (Å²) in [6.07, 6.45) is 8.83. The van der Waals surface area contributed by atoms with Gasteiger partial charge in [-0.05, 0) is 68.4 Å². The molecule has 8 heteroatoms. The predicted octanol–water partition coefficient (Wildman–Crippen LogP) is 4.57. The first-order valence-electron chi connectivity index (χ1n) is 12.6. The first-order chi connectivity index (χ1) is 17.9. The van der Waals surface area contributed by atoms with E-state index in [9.17, 15) is 9.59 Å². The van der Waals surface area contributed by atoms with Crippen molar-refractivity contribution in [2.24, 2.45) is 0 Å². The molecule has 192 valence electrons. The fourth-order valence-corrected chi connectivity index (χ4v) is 4.34. The quantitative estimate of drug-likeness (QED) is 0.400. The maximum absolute atomic E-state index is 13.3. The number of pyridine rings is 2. The molecule has 3 aromatic rings. The number of carbonyl (C=O) groups is 2. The van der Waals surface area contributed by atoms with Crippen LogP contribution < -0.4 is 16.0 Å². The Morgan fingerprint density at radius 1 is 1.00 bits per heavy atom. The van der Waals surface area contributed by atoms with Gasteiger partial charge in [-0.2, -0.15) is 0 Å². The Labute approximate surface area is 218 Å². The summed E-state index contributed by atoms with van der Waals surface area (Å²) in [6.45, 7) is 5.43. The number of nitrogens with zero attached hydrogens (tertiary/aromatic N) is 3. The van der Waals surface area contributed by atoms with Crippen LogP contribution in [0.2, 0.25) is 0 Å². The Hall–Kier alpha value is -4.04. The van der Waals surface area contributed by atoms with Crippen molar-refractivity contribution in [2.45, 2.75) is 39.3 Å². The van der Waals surface area contributed by atoms with Crippen LogP contribution in [0.5, 0.6) is 0 Å². The minimum atomic E-state index is -0.226. The second-order valence-corrected chi connectivity index (χ2v) is 9.45. The van der Waals surface area contributed by atoms with Gasteiger partial charge in [0.2, 0.25) is 0 Å². The van der Waals surface area contributed by atoms with Gasteiger partial charge in [0.05, 0.1) is 11.9 Å².